The summed E-state index contributed by atoms with van der Waals surface area (Å²) < 4.78 is 27.2. The monoisotopic (exact) mass is 339 g/mol. The first kappa shape index (κ1) is 17.9. The van der Waals surface area contributed by atoms with Crippen molar-refractivity contribution in [1.82, 2.24) is 14.5 Å². The fourth-order valence-electron chi connectivity index (χ4n) is 2.71. The van der Waals surface area contributed by atoms with Gasteiger partial charge < -0.3 is 5.32 Å². The molecule has 1 N–H and O–H groups in total. The van der Waals surface area contributed by atoms with Crippen LogP contribution in [0.3, 0.4) is 0 Å². The van der Waals surface area contributed by atoms with Gasteiger partial charge in [0.1, 0.15) is 0 Å². The van der Waals surface area contributed by atoms with Crippen molar-refractivity contribution in [3.8, 4) is 0 Å². The van der Waals surface area contributed by atoms with Crippen LogP contribution in [0, 0.1) is 13.8 Å². The van der Waals surface area contributed by atoms with Gasteiger partial charge in [-0.15, -0.1) is 0 Å². The molecule has 1 aliphatic heterocycles. The van der Waals surface area contributed by atoms with Crippen LogP contribution in [0.15, 0.2) is 23.1 Å². The highest BCUT2D eigenvalue weighted by Gasteiger charge is 2.30. The molecule has 2 rings (SSSR count). The van der Waals surface area contributed by atoms with Crippen molar-refractivity contribution in [2.45, 2.75) is 25.7 Å². The van der Waals surface area contributed by atoms with Gasteiger partial charge in [0, 0.05) is 32.7 Å². The van der Waals surface area contributed by atoms with Crippen LogP contribution in [-0.4, -0.2) is 62.8 Å². The number of piperazine rings is 1. The van der Waals surface area contributed by atoms with Crippen LogP contribution >= 0.6 is 0 Å². The minimum atomic E-state index is -3.47. The highest BCUT2D eigenvalue weighted by atomic mass is 32.2. The molecule has 1 aliphatic rings. The number of carbonyl (C=O) groups is 1. The van der Waals surface area contributed by atoms with Gasteiger partial charge in [0.15, 0.2) is 0 Å². The summed E-state index contributed by atoms with van der Waals surface area (Å²) in [6.07, 6.45) is 0. The zero-order valence-electron chi connectivity index (χ0n) is 14.0. The second-order valence-corrected chi connectivity index (χ2v) is 7.81. The standard InChI is InChI=1S/C16H25N3O3S/c1-4-17-16(20)12-18-7-9-19(10-8-18)23(21,22)15-11-13(2)5-6-14(15)3/h5-6,11H,4,7-10,12H2,1-3H3,(H,17,20). The maximum atomic E-state index is 12.8. The minimum absolute atomic E-state index is 0.0154. The molecular weight excluding hydrogens is 314 g/mol. The van der Waals surface area contributed by atoms with Crippen molar-refractivity contribution in [2.24, 2.45) is 0 Å². The van der Waals surface area contributed by atoms with Gasteiger partial charge in [0.05, 0.1) is 11.4 Å². The summed E-state index contributed by atoms with van der Waals surface area (Å²) in [4.78, 5) is 14.0. The fourth-order valence-corrected chi connectivity index (χ4v) is 4.44. The molecule has 1 saturated heterocycles. The van der Waals surface area contributed by atoms with E-state index in [2.05, 4.69) is 5.32 Å². The molecule has 1 heterocycles. The lowest BCUT2D eigenvalue weighted by atomic mass is 10.2. The number of hydrogen-bond acceptors (Lipinski definition) is 4. The van der Waals surface area contributed by atoms with Gasteiger partial charge >= 0.3 is 0 Å². The summed E-state index contributed by atoms with van der Waals surface area (Å²) in [5, 5.41) is 2.76. The van der Waals surface area contributed by atoms with Gasteiger partial charge in [-0.2, -0.15) is 4.31 Å². The Morgan fingerprint density at radius 1 is 1.17 bits per heavy atom. The molecule has 0 bridgehead atoms. The lowest BCUT2D eigenvalue weighted by Crippen LogP contribution is -2.51. The molecule has 23 heavy (non-hydrogen) atoms. The molecule has 0 unspecified atom stereocenters. The lowest BCUT2D eigenvalue weighted by molar-refractivity contribution is -0.122. The van der Waals surface area contributed by atoms with E-state index >= 15 is 0 Å². The van der Waals surface area contributed by atoms with E-state index in [-0.39, 0.29) is 5.91 Å². The predicted octanol–water partition coefficient (Wildman–Crippen LogP) is 0.746. The Balaban J connectivity index is 2.04. The topological polar surface area (TPSA) is 69.7 Å². The first-order valence-electron chi connectivity index (χ1n) is 7.91. The van der Waals surface area contributed by atoms with E-state index in [1.807, 2.05) is 37.8 Å². The molecule has 0 saturated carbocycles. The molecule has 1 aromatic carbocycles. The summed E-state index contributed by atoms with van der Waals surface area (Å²) >= 11 is 0. The van der Waals surface area contributed by atoms with E-state index in [0.29, 0.717) is 44.2 Å². The quantitative estimate of drug-likeness (QED) is 0.859. The molecule has 0 radical (unpaired) electrons. The SMILES string of the molecule is CCNC(=O)CN1CCN(S(=O)(=O)c2cc(C)ccc2C)CC1. The third-order valence-corrected chi connectivity index (χ3v) is 6.07. The molecule has 6 nitrogen and oxygen atoms in total. The smallest absolute Gasteiger partial charge is 0.243 e. The normalized spacial score (nSPS) is 17.2. The summed E-state index contributed by atoms with van der Waals surface area (Å²) in [7, 11) is -3.47. The molecule has 0 aliphatic carbocycles. The largest absolute Gasteiger partial charge is 0.355 e. The zero-order chi connectivity index (χ0) is 17.0. The van der Waals surface area contributed by atoms with Gasteiger partial charge in [-0.25, -0.2) is 8.42 Å². The van der Waals surface area contributed by atoms with E-state index in [4.69, 9.17) is 0 Å². The van der Waals surface area contributed by atoms with Crippen molar-refractivity contribution in [3.63, 3.8) is 0 Å². The Hall–Kier alpha value is -1.44. The Labute approximate surface area is 138 Å². The molecule has 128 valence electrons. The molecular formula is C16H25N3O3S. The molecule has 0 aromatic heterocycles. The van der Waals surface area contributed by atoms with Gasteiger partial charge in [0.2, 0.25) is 15.9 Å². The maximum absolute atomic E-state index is 12.8. The molecule has 0 spiro atoms. The summed E-state index contributed by atoms with van der Waals surface area (Å²) in [5.41, 5.74) is 1.70. The number of nitrogens with zero attached hydrogens (tertiary/aromatic N) is 2. The van der Waals surface area contributed by atoms with Gasteiger partial charge in [0.25, 0.3) is 0 Å². The molecule has 1 fully saturated rings. The third kappa shape index (κ3) is 4.31. The van der Waals surface area contributed by atoms with Crippen LogP contribution in [0.2, 0.25) is 0 Å². The number of carbonyl (C=O) groups excluding carboxylic acids is 1. The average molecular weight is 339 g/mol. The third-order valence-electron chi connectivity index (χ3n) is 4.03. The summed E-state index contributed by atoms with van der Waals surface area (Å²) in [5.74, 6) is -0.0154. The number of nitrogens with one attached hydrogen (secondary N) is 1. The van der Waals surface area contributed by atoms with E-state index in [1.54, 1.807) is 6.07 Å². The number of amides is 1. The van der Waals surface area contributed by atoms with Crippen LogP contribution in [-0.2, 0) is 14.8 Å². The molecule has 0 atom stereocenters. The van der Waals surface area contributed by atoms with Gasteiger partial charge in [-0.1, -0.05) is 12.1 Å². The van der Waals surface area contributed by atoms with Crippen molar-refractivity contribution < 1.29 is 13.2 Å². The average Bonchev–Trinajstić information content (AvgIpc) is 2.50. The van der Waals surface area contributed by atoms with Crippen LogP contribution in [0.25, 0.3) is 0 Å². The lowest BCUT2D eigenvalue weighted by Gasteiger charge is -2.33. The second kappa shape index (κ2) is 7.42. The van der Waals surface area contributed by atoms with Crippen molar-refractivity contribution >= 4 is 15.9 Å². The van der Waals surface area contributed by atoms with Crippen molar-refractivity contribution in [2.75, 3.05) is 39.3 Å². The van der Waals surface area contributed by atoms with E-state index in [9.17, 15) is 13.2 Å². The predicted molar refractivity (Wildman–Crippen MR) is 89.8 cm³/mol. The fraction of sp³-hybridized carbons (Fsp3) is 0.562. The summed E-state index contributed by atoms with van der Waals surface area (Å²) in [6, 6.07) is 5.48. The Bertz CT molecular complexity index is 665. The Morgan fingerprint density at radius 2 is 1.83 bits per heavy atom. The number of rotatable bonds is 5. The van der Waals surface area contributed by atoms with E-state index in [0.717, 1.165) is 11.1 Å². The van der Waals surface area contributed by atoms with E-state index < -0.39 is 10.0 Å². The maximum Gasteiger partial charge on any atom is 0.243 e. The van der Waals surface area contributed by atoms with Gasteiger partial charge in [-0.05, 0) is 38.0 Å². The van der Waals surface area contributed by atoms with Gasteiger partial charge in [-0.3, -0.25) is 9.69 Å². The highest BCUT2D eigenvalue weighted by Crippen LogP contribution is 2.22. The number of aryl methyl sites for hydroxylation is 2. The zero-order valence-corrected chi connectivity index (χ0v) is 14.8. The molecule has 1 aromatic rings. The Morgan fingerprint density at radius 3 is 2.43 bits per heavy atom. The van der Waals surface area contributed by atoms with Crippen LogP contribution < -0.4 is 5.32 Å². The number of benzene rings is 1. The van der Waals surface area contributed by atoms with Crippen molar-refractivity contribution in [3.05, 3.63) is 29.3 Å². The minimum Gasteiger partial charge on any atom is -0.355 e. The highest BCUT2D eigenvalue weighted by molar-refractivity contribution is 7.89. The van der Waals surface area contributed by atoms with Crippen molar-refractivity contribution in [1.29, 1.82) is 0 Å². The number of hydrogen-bond donors (Lipinski definition) is 1. The van der Waals surface area contributed by atoms with Crippen LogP contribution in [0.5, 0.6) is 0 Å². The first-order chi connectivity index (χ1) is 10.8. The number of sulfonamides is 1. The molecule has 7 heteroatoms. The summed E-state index contributed by atoms with van der Waals surface area (Å²) in [6.45, 7) is 8.49. The van der Waals surface area contributed by atoms with Crippen LogP contribution in [0.1, 0.15) is 18.1 Å². The van der Waals surface area contributed by atoms with E-state index in [1.165, 1.54) is 4.31 Å². The second-order valence-electron chi connectivity index (χ2n) is 5.90. The van der Waals surface area contributed by atoms with Crippen LogP contribution in [0.4, 0.5) is 0 Å². The number of likely N-dealkylation sites (N-methyl/N-ethyl adjacent to an activating group) is 1. The Kier molecular flexibility index (Phi) is 5.78. The molecule has 1 amide bonds. The first-order valence-corrected chi connectivity index (χ1v) is 9.35.